The van der Waals surface area contributed by atoms with Crippen molar-refractivity contribution in [1.82, 2.24) is 0 Å². The maximum absolute atomic E-state index is 13.5. The molecule has 0 aromatic heterocycles. The lowest BCUT2D eigenvalue weighted by atomic mass is 10.0. The number of rotatable bonds is 8. The molecule has 1 aliphatic heterocycles. The minimum absolute atomic E-state index is 0.0138. The summed E-state index contributed by atoms with van der Waals surface area (Å²) in [5, 5.41) is 8.84. The lowest BCUT2D eigenvalue weighted by Gasteiger charge is -2.29. The Kier molecular flexibility index (Phi) is 8.38. The van der Waals surface area contributed by atoms with Gasteiger partial charge in [-0.1, -0.05) is 23.2 Å². The van der Waals surface area contributed by atoms with Gasteiger partial charge in [0.05, 0.1) is 23.8 Å². The van der Waals surface area contributed by atoms with E-state index in [-0.39, 0.29) is 41.0 Å². The van der Waals surface area contributed by atoms with Crippen molar-refractivity contribution in [1.29, 1.82) is 0 Å². The van der Waals surface area contributed by atoms with E-state index in [1.807, 2.05) is 0 Å². The third kappa shape index (κ3) is 7.05. The summed E-state index contributed by atoms with van der Waals surface area (Å²) in [6, 6.07) is 2.42. The van der Waals surface area contributed by atoms with Crippen LogP contribution in [0.4, 0.5) is 18.0 Å². The molecule has 1 aromatic rings. The molecule has 10 nitrogen and oxygen atoms in total. The Hall–Kier alpha value is -2.93. The Morgan fingerprint density at radius 3 is 2.56 bits per heavy atom. The van der Waals surface area contributed by atoms with Gasteiger partial charge < -0.3 is 23.8 Å². The van der Waals surface area contributed by atoms with Crippen LogP contribution in [0, 0.1) is 10.1 Å². The highest BCUT2D eigenvalue weighted by Crippen LogP contribution is 2.42. The zero-order valence-electron chi connectivity index (χ0n) is 16.0. The number of hydrogen-bond acceptors (Lipinski definition) is 9. The molecule has 0 aliphatic carbocycles. The quantitative estimate of drug-likeness (QED) is 0.167. The number of carbonyl (C=O) groups is 2. The molecule has 0 amide bonds. The summed E-state index contributed by atoms with van der Waals surface area (Å²) >= 11 is 11.7. The Morgan fingerprint density at radius 2 is 1.94 bits per heavy atom. The lowest BCUT2D eigenvalue weighted by molar-refractivity contribution is -0.757. The first-order valence-corrected chi connectivity index (χ1v) is 9.39. The van der Waals surface area contributed by atoms with Gasteiger partial charge in [-0.15, -0.1) is 10.1 Å². The van der Waals surface area contributed by atoms with Gasteiger partial charge >= 0.3 is 18.3 Å². The van der Waals surface area contributed by atoms with E-state index < -0.39 is 41.4 Å². The summed E-state index contributed by atoms with van der Waals surface area (Å²) in [7, 11) is 0. The monoisotopic (exact) mass is 503 g/mol. The summed E-state index contributed by atoms with van der Waals surface area (Å²) in [5.74, 6) is -1.79. The summed E-state index contributed by atoms with van der Waals surface area (Å²) in [6.45, 7) is 0.400. The molecule has 2 atom stereocenters. The molecule has 1 aromatic carbocycles. The summed E-state index contributed by atoms with van der Waals surface area (Å²) < 4.78 is 59.2. The molecule has 0 fully saturated rings. The summed E-state index contributed by atoms with van der Waals surface area (Å²) in [6.07, 6.45) is -9.83. The predicted molar refractivity (Wildman–Crippen MR) is 100 cm³/mol. The zero-order valence-corrected chi connectivity index (χ0v) is 17.5. The van der Waals surface area contributed by atoms with Crippen LogP contribution in [0.1, 0.15) is 18.9 Å². The molecule has 15 heteroatoms. The Labute approximate surface area is 187 Å². The molecule has 0 radical (unpaired) electrons. The van der Waals surface area contributed by atoms with Gasteiger partial charge in [0.1, 0.15) is 5.75 Å². The van der Waals surface area contributed by atoms with E-state index >= 15 is 0 Å². The van der Waals surface area contributed by atoms with E-state index in [0.29, 0.717) is 0 Å². The molecule has 1 unspecified atom stereocenters. The van der Waals surface area contributed by atoms with E-state index in [0.717, 1.165) is 13.0 Å². The van der Waals surface area contributed by atoms with Gasteiger partial charge in [-0.3, -0.25) is 0 Å². The van der Waals surface area contributed by atoms with Crippen molar-refractivity contribution in [2.45, 2.75) is 31.9 Å². The Bertz CT molecular complexity index is 923. The second-order valence-corrected chi connectivity index (χ2v) is 6.89. The van der Waals surface area contributed by atoms with Gasteiger partial charge in [-0.2, -0.15) is 13.2 Å². The van der Waals surface area contributed by atoms with E-state index in [1.54, 1.807) is 0 Å². The van der Waals surface area contributed by atoms with Crippen LogP contribution in [0.15, 0.2) is 17.7 Å². The van der Waals surface area contributed by atoms with Crippen molar-refractivity contribution in [3.8, 4) is 5.75 Å². The molecule has 0 N–H and O–H groups in total. The number of halogens is 5. The van der Waals surface area contributed by atoms with Crippen molar-refractivity contribution in [3.63, 3.8) is 0 Å². The van der Waals surface area contributed by atoms with Crippen molar-refractivity contribution >= 4 is 41.4 Å². The van der Waals surface area contributed by atoms with Crippen LogP contribution >= 0.6 is 23.2 Å². The van der Waals surface area contributed by atoms with E-state index in [1.165, 1.54) is 12.1 Å². The molecule has 1 heterocycles. The van der Waals surface area contributed by atoms with E-state index in [9.17, 15) is 32.9 Å². The molecule has 2 rings (SSSR count). The van der Waals surface area contributed by atoms with Crippen LogP contribution in [-0.2, 0) is 23.8 Å². The highest BCUT2D eigenvalue weighted by molar-refractivity contribution is 6.36. The first-order chi connectivity index (χ1) is 14.9. The summed E-state index contributed by atoms with van der Waals surface area (Å²) in [5.41, 5.74) is -0.913. The molecule has 32 heavy (non-hydrogen) atoms. The number of benzene rings is 1. The molecule has 0 saturated heterocycles. The molecular weight excluding hydrogens is 490 g/mol. The number of esters is 1. The molecule has 1 aliphatic rings. The van der Waals surface area contributed by atoms with Crippen molar-refractivity contribution in [3.05, 3.63) is 43.4 Å². The van der Waals surface area contributed by atoms with Crippen LogP contribution in [0.2, 0.25) is 10.0 Å². The zero-order chi connectivity index (χ0) is 24.1. The average Bonchev–Trinajstić information content (AvgIpc) is 2.65. The minimum Gasteiger partial charge on any atom is -0.474 e. The second-order valence-electron chi connectivity index (χ2n) is 6.04. The molecule has 176 valence electrons. The molecule has 0 saturated carbocycles. The fourth-order valence-electron chi connectivity index (χ4n) is 2.41. The van der Waals surface area contributed by atoms with Crippen LogP contribution in [0.25, 0.3) is 6.08 Å². The number of hydrogen-bond donors (Lipinski definition) is 0. The molecular formula is C17H14Cl2F3NO9. The molecule has 0 spiro atoms. The van der Waals surface area contributed by atoms with Gasteiger partial charge in [0.25, 0.3) is 5.09 Å². The maximum atomic E-state index is 13.5. The number of nitrogens with zero attached hydrogens (tertiary/aromatic N) is 1. The van der Waals surface area contributed by atoms with E-state index in [4.69, 9.17) is 32.7 Å². The van der Waals surface area contributed by atoms with Gasteiger partial charge in [0.15, 0.2) is 0 Å². The van der Waals surface area contributed by atoms with Gasteiger partial charge in [0.2, 0.25) is 12.4 Å². The topological polar surface area (TPSA) is 123 Å². The first-order valence-electron chi connectivity index (χ1n) is 8.64. The third-order valence-electron chi connectivity index (χ3n) is 3.64. The predicted octanol–water partition coefficient (Wildman–Crippen LogP) is 4.34. The number of ether oxygens (including phenoxy) is 4. The first kappa shape index (κ1) is 25.3. The van der Waals surface area contributed by atoms with Crippen molar-refractivity contribution in [2.24, 2.45) is 0 Å². The Morgan fingerprint density at radius 1 is 1.25 bits per heavy atom. The average molecular weight is 504 g/mol. The van der Waals surface area contributed by atoms with Gasteiger partial charge in [-0.05, 0) is 18.2 Å². The fourth-order valence-corrected chi connectivity index (χ4v) is 2.97. The number of alkyl halides is 3. The SMILES string of the molecule is CC(OC(=O)OCCCO[N+](=O)[O-])OC(=O)C1=Cc2cc(Cl)cc(Cl)c2O[C@@H]1C(F)(F)F. The number of fused-ring (bicyclic) bond motifs is 1. The lowest BCUT2D eigenvalue weighted by Crippen LogP contribution is -2.41. The number of carbonyl (C=O) groups excluding carboxylic acids is 2. The standard InChI is InChI=1S/C17H14Cl2F3NO9/c1-8(31-16(25)28-3-2-4-29-23(26)27)30-15(24)11-6-9-5-10(18)7-12(19)13(9)32-14(11)17(20,21)22/h5-8,14H,2-4H2,1H3/t8?,14-/m0/s1. The third-order valence-corrected chi connectivity index (χ3v) is 4.14. The van der Waals surface area contributed by atoms with Gasteiger partial charge in [-0.25, -0.2) is 9.59 Å². The van der Waals surface area contributed by atoms with Gasteiger partial charge in [0, 0.05) is 23.9 Å². The van der Waals surface area contributed by atoms with Crippen LogP contribution in [-0.4, -0.2) is 49.0 Å². The summed E-state index contributed by atoms with van der Waals surface area (Å²) in [4.78, 5) is 37.8. The van der Waals surface area contributed by atoms with Crippen molar-refractivity contribution in [2.75, 3.05) is 13.2 Å². The normalized spacial score (nSPS) is 16.1. The highest BCUT2D eigenvalue weighted by atomic mass is 35.5. The molecule has 0 bridgehead atoms. The largest absolute Gasteiger partial charge is 0.511 e. The Balaban J connectivity index is 2.03. The maximum Gasteiger partial charge on any atom is 0.511 e. The van der Waals surface area contributed by atoms with Crippen LogP contribution < -0.4 is 4.74 Å². The smallest absolute Gasteiger partial charge is 0.474 e. The van der Waals surface area contributed by atoms with E-state index in [2.05, 4.69) is 14.3 Å². The second kappa shape index (κ2) is 10.6. The van der Waals surface area contributed by atoms with Crippen LogP contribution in [0.3, 0.4) is 0 Å². The minimum atomic E-state index is -5.00. The highest BCUT2D eigenvalue weighted by Gasteiger charge is 2.49. The van der Waals surface area contributed by atoms with Crippen molar-refractivity contribution < 1.29 is 51.6 Å². The van der Waals surface area contributed by atoms with Crippen LogP contribution in [0.5, 0.6) is 5.75 Å². The fraction of sp³-hybridized carbons (Fsp3) is 0.412.